The van der Waals surface area contributed by atoms with Crippen molar-refractivity contribution in [3.63, 3.8) is 0 Å². The van der Waals surface area contributed by atoms with Crippen LogP contribution in [0.25, 0.3) is 0 Å². The number of nitrogens with zero attached hydrogens (tertiary/aromatic N) is 1. The maximum absolute atomic E-state index is 5.59. The Labute approximate surface area is 102 Å². The number of nitrogens with one attached hydrogen (secondary N) is 1. The topological polar surface area (TPSA) is 34.1 Å². The molecule has 2 heterocycles. The molecule has 1 aromatic heterocycles. The Morgan fingerprint density at radius 2 is 2.20 bits per heavy atom. The van der Waals surface area contributed by atoms with Crippen LogP contribution in [-0.4, -0.2) is 24.7 Å². The van der Waals surface area contributed by atoms with E-state index in [4.69, 9.17) is 4.74 Å². The highest BCUT2D eigenvalue weighted by Crippen LogP contribution is 2.16. The maximum Gasteiger partial charge on any atom is 0.112 e. The van der Waals surface area contributed by atoms with Crippen LogP contribution >= 0.6 is 24.8 Å². The van der Waals surface area contributed by atoms with E-state index in [-0.39, 0.29) is 30.9 Å². The van der Waals surface area contributed by atoms with Gasteiger partial charge in [-0.2, -0.15) is 0 Å². The Balaban J connectivity index is 0.000000980. The second-order valence-electron chi connectivity index (χ2n) is 3.27. The summed E-state index contributed by atoms with van der Waals surface area (Å²) in [7, 11) is 0. The zero-order chi connectivity index (χ0) is 9.10. The maximum atomic E-state index is 5.59. The quantitative estimate of drug-likeness (QED) is 0.827. The minimum absolute atomic E-state index is 0. The van der Waals surface area contributed by atoms with Crippen molar-refractivity contribution in [3.05, 3.63) is 29.6 Å². The van der Waals surface area contributed by atoms with E-state index in [0.717, 1.165) is 31.1 Å². The lowest BCUT2D eigenvalue weighted by molar-refractivity contribution is 0.0249. The Morgan fingerprint density at radius 3 is 2.80 bits per heavy atom. The van der Waals surface area contributed by atoms with Gasteiger partial charge in [-0.1, -0.05) is 6.07 Å². The van der Waals surface area contributed by atoms with E-state index in [1.807, 2.05) is 25.1 Å². The summed E-state index contributed by atoms with van der Waals surface area (Å²) >= 11 is 0. The molecule has 0 radical (unpaired) electrons. The van der Waals surface area contributed by atoms with Crippen molar-refractivity contribution in [3.8, 4) is 0 Å². The smallest absolute Gasteiger partial charge is 0.112 e. The fraction of sp³-hybridized carbons (Fsp3) is 0.500. The molecule has 15 heavy (non-hydrogen) atoms. The molecule has 0 amide bonds. The van der Waals surface area contributed by atoms with Crippen LogP contribution in [0.3, 0.4) is 0 Å². The molecule has 1 N–H and O–H groups in total. The summed E-state index contributed by atoms with van der Waals surface area (Å²) in [6.45, 7) is 4.60. The van der Waals surface area contributed by atoms with E-state index in [2.05, 4.69) is 10.3 Å². The van der Waals surface area contributed by atoms with Gasteiger partial charge in [-0.3, -0.25) is 4.98 Å². The lowest BCUT2D eigenvalue weighted by Crippen LogP contribution is -2.33. The number of rotatable bonds is 1. The number of halogens is 2. The molecule has 1 saturated heterocycles. The third-order valence-corrected chi connectivity index (χ3v) is 2.17. The minimum Gasteiger partial charge on any atom is -0.369 e. The monoisotopic (exact) mass is 250 g/mol. The highest BCUT2D eigenvalue weighted by molar-refractivity contribution is 5.85. The van der Waals surface area contributed by atoms with Gasteiger partial charge in [-0.15, -0.1) is 24.8 Å². The number of hydrogen-bond donors (Lipinski definition) is 1. The first-order chi connectivity index (χ1) is 6.36. The number of morpholine rings is 1. The third-order valence-electron chi connectivity index (χ3n) is 2.17. The molecule has 1 aliphatic heterocycles. The Bertz CT molecular complexity index is 291. The molecule has 1 aromatic rings. The van der Waals surface area contributed by atoms with Gasteiger partial charge < -0.3 is 10.1 Å². The first kappa shape index (κ1) is 14.6. The second-order valence-corrected chi connectivity index (χ2v) is 3.27. The zero-order valence-corrected chi connectivity index (χ0v) is 10.2. The third kappa shape index (κ3) is 3.95. The summed E-state index contributed by atoms with van der Waals surface area (Å²) in [5, 5.41) is 3.29. The predicted molar refractivity (Wildman–Crippen MR) is 65.0 cm³/mol. The minimum atomic E-state index is 0. The molecule has 1 aliphatic rings. The lowest BCUT2D eigenvalue weighted by atomic mass is 10.2. The van der Waals surface area contributed by atoms with Gasteiger partial charge in [0, 0.05) is 18.8 Å². The van der Waals surface area contributed by atoms with E-state index in [1.165, 1.54) is 0 Å². The first-order valence-electron chi connectivity index (χ1n) is 4.62. The normalized spacial score (nSPS) is 19.9. The van der Waals surface area contributed by atoms with E-state index in [9.17, 15) is 0 Å². The number of aryl methyl sites for hydroxylation is 1. The fourth-order valence-electron chi connectivity index (χ4n) is 1.50. The van der Waals surface area contributed by atoms with Gasteiger partial charge in [0.05, 0.1) is 12.3 Å². The molecule has 0 bridgehead atoms. The largest absolute Gasteiger partial charge is 0.369 e. The van der Waals surface area contributed by atoms with Gasteiger partial charge >= 0.3 is 0 Å². The molecule has 5 heteroatoms. The summed E-state index contributed by atoms with van der Waals surface area (Å²) in [5.41, 5.74) is 2.08. The van der Waals surface area contributed by atoms with Crippen LogP contribution in [0.15, 0.2) is 18.2 Å². The average Bonchev–Trinajstić information content (AvgIpc) is 2.19. The van der Waals surface area contributed by atoms with Crippen molar-refractivity contribution in [1.29, 1.82) is 0 Å². The van der Waals surface area contributed by atoms with Crippen molar-refractivity contribution >= 4 is 24.8 Å². The molecule has 0 aliphatic carbocycles. The van der Waals surface area contributed by atoms with Crippen molar-refractivity contribution < 1.29 is 4.74 Å². The van der Waals surface area contributed by atoms with E-state index in [0.29, 0.717) is 0 Å². The molecular formula is C10H16Cl2N2O. The van der Waals surface area contributed by atoms with Gasteiger partial charge in [0.25, 0.3) is 0 Å². The zero-order valence-electron chi connectivity index (χ0n) is 8.60. The van der Waals surface area contributed by atoms with Gasteiger partial charge in [-0.25, -0.2) is 0 Å². The number of aromatic nitrogens is 1. The van der Waals surface area contributed by atoms with Gasteiger partial charge in [-0.05, 0) is 19.1 Å². The van der Waals surface area contributed by atoms with Gasteiger partial charge in [0.2, 0.25) is 0 Å². The second kappa shape index (κ2) is 7.01. The van der Waals surface area contributed by atoms with Gasteiger partial charge in [0.15, 0.2) is 0 Å². The Kier molecular flexibility index (Phi) is 6.85. The number of hydrogen-bond acceptors (Lipinski definition) is 3. The lowest BCUT2D eigenvalue weighted by Gasteiger charge is -2.23. The number of pyridine rings is 1. The Morgan fingerprint density at radius 1 is 1.40 bits per heavy atom. The molecule has 1 fully saturated rings. The van der Waals surface area contributed by atoms with Crippen LogP contribution in [-0.2, 0) is 4.74 Å². The summed E-state index contributed by atoms with van der Waals surface area (Å²) in [6.07, 6.45) is 0.133. The standard InChI is InChI=1S/C10H14N2O.2ClH/c1-8-3-2-4-9(12-8)10-7-11-5-6-13-10;;/h2-4,10-11H,5-7H2,1H3;2*1H. The molecule has 1 atom stereocenters. The summed E-state index contributed by atoms with van der Waals surface area (Å²) in [4.78, 5) is 4.43. The molecule has 1 unspecified atom stereocenters. The highest BCUT2D eigenvalue weighted by Gasteiger charge is 2.16. The van der Waals surface area contributed by atoms with E-state index >= 15 is 0 Å². The van der Waals surface area contributed by atoms with Crippen molar-refractivity contribution in [2.24, 2.45) is 0 Å². The van der Waals surface area contributed by atoms with E-state index in [1.54, 1.807) is 0 Å². The van der Waals surface area contributed by atoms with Gasteiger partial charge in [0.1, 0.15) is 6.10 Å². The molecule has 0 saturated carbocycles. The number of ether oxygens (including phenoxy) is 1. The summed E-state index contributed by atoms with van der Waals surface area (Å²) in [6, 6.07) is 6.04. The summed E-state index contributed by atoms with van der Waals surface area (Å²) in [5.74, 6) is 0. The SMILES string of the molecule is Cc1cccc(C2CNCCO2)n1.Cl.Cl. The van der Waals surface area contributed by atoms with Crippen molar-refractivity contribution in [2.75, 3.05) is 19.7 Å². The molecule has 3 nitrogen and oxygen atoms in total. The van der Waals surface area contributed by atoms with Crippen LogP contribution in [0.2, 0.25) is 0 Å². The molecule has 0 spiro atoms. The van der Waals surface area contributed by atoms with Crippen LogP contribution in [0.1, 0.15) is 17.5 Å². The van der Waals surface area contributed by atoms with E-state index < -0.39 is 0 Å². The van der Waals surface area contributed by atoms with Crippen LogP contribution in [0.4, 0.5) is 0 Å². The average molecular weight is 251 g/mol. The highest BCUT2D eigenvalue weighted by atomic mass is 35.5. The van der Waals surface area contributed by atoms with Crippen molar-refractivity contribution in [2.45, 2.75) is 13.0 Å². The summed E-state index contributed by atoms with van der Waals surface area (Å²) < 4.78 is 5.59. The molecular weight excluding hydrogens is 235 g/mol. The predicted octanol–water partition coefficient (Wildman–Crippen LogP) is 1.89. The van der Waals surface area contributed by atoms with Crippen molar-refractivity contribution in [1.82, 2.24) is 10.3 Å². The Hall–Kier alpha value is -0.350. The van der Waals surface area contributed by atoms with Crippen LogP contribution in [0.5, 0.6) is 0 Å². The fourth-order valence-corrected chi connectivity index (χ4v) is 1.50. The molecule has 86 valence electrons. The first-order valence-corrected chi connectivity index (χ1v) is 4.62. The van der Waals surface area contributed by atoms with Crippen LogP contribution in [0, 0.1) is 6.92 Å². The molecule has 0 aromatic carbocycles. The molecule has 2 rings (SSSR count). The van der Waals surface area contributed by atoms with Crippen LogP contribution < -0.4 is 5.32 Å².